The molecule has 1 aliphatic rings. The summed E-state index contributed by atoms with van der Waals surface area (Å²) in [4.78, 5) is 1.67. The first kappa shape index (κ1) is 13.6. The number of ether oxygens (including phenoxy) is 1. The van der Waals surface area contributed by atoms with E-state index < -0.39 is 17.4 Å². The van der Waals surface area contributed by atoms with E-state index in [-0.39, 0.29) is 0 Å². The zero-order chi connectivity index (χ0) is 14.2. The summed E-state index contributed by atoms with van der Waals surface area (Å²) < 4.78 is 32.0. The van der Waals surface area contributed by atoms with Gasteiger partial charge in [0.15, 0.2) is 17.4 Å². The fourth-order valence-electron chi connectivity index (χ4n) is 1.86. The van der Waals surface area contributed by atoms with Gasteiger partial charge in [-0.05, 0) is 24.3 Å². The van der Waals surface area contributed by atoms with Crippen LogP contribution in [-0.4, -0.2) is 19.1 Å². The van der Waals surface area contributed by atoms with E-state index >= 15 is 0 Å². The summed E-state index contributed by atoms with van der Waals surface area (Å²) in [6, 6.07) is 2.43. The normalized spacial score (nSPS) is 15.2. The van der Waals surface area contributed by atoms with Crippen molar-refractivity contribution in [3.8, 4) is 5.75 Å². The summed E-state index contributed by atoms with van der Waals surface area (Å²) in [5.74, 6) is -1.90. The smallest absolute Gasteiger partial charge is 0.190 e. The van der Waals surface area contributed by atoms with Gasteiger partial charge in [-0.15, -0.1) is 0 Å². The van der Waals surface area contributed by atoms with Gasteiger partial charge in [-0.3, -0.25) is 0 Å². The molecular formula is C14H12ClF2NO. The van der Waals surface area contributed by atoms with Crippen LogP contribution >= 0.6 is 11.6 Å². The predicted molar refractivity (Wildman–Crippen MR) is 71.7 cm³/mol. The van der Waals surface area contributed by atoms with Gasteiger partial charge in [0.05, 0.1) is 17.8 Å². The van der Waals surface area contributed by atoms with Gasteiger partial charge >= 0.3 is 0 Å². The van der Waals surface area contributed by atoms with Gasteiger partial charge in [0.1, 0.15) is 0 Å². The molecule has 0 bridgehead atoms. The van der Waals surface area contributed by atoms with Crippen LogP contribution in [0.5, 0.6) is 5.75 Å². The summed E-state index contributed by atoms with van der Waals surface area (Å²) in [5.41, 5.74) is 1.56. The van der Waals surface area contributed by atoms with E-state index in [0.29, 0.717) is 22.0 Å². The Kier molecular flexibility index (Phi) is 3.62. The molecule has 2 rings (SSSR count). The lowest BCUT2D eigenvalue weighted by molar-refractivity contribution is 0.359. The van der Waals surface area contributed by atoms with Gasteiger partial charge in [0.2, 0.25) is 0 Å². The van der Waals surface area contributed by atoms with Crippen LogP contribution in [0.4, 0.5) is 8.78 Å². The molecule has 1 aromatic rings. The first-order valence-electron chi connectivity index (χ1n) is 5.49. The number of hydrogen-bond acceptors (Lipinski definition) is 2. The number of halogens is 3. The Labute approximate surface area is 115 Å². The lowest BCUT2D eigenvalue weighted by Gasteiger charge is -2.27. The summed E-state index contributed by atoms with van der Waals surface area (Å²) in [6.45, 7) is 3.80. The molecule has 0 saturated carbocycles. The number of nitrogens with zero attached hydrogens (tertiary/aromatic N) is 1. The molecule has 0 unspecified atom stereocenters. The SMILES string of the molecule is C=C1C(Cl)=CC=C(c2cc(F)c(OC)c(F)c2)N1C. The highest BCUT2D eigenvalue weighted by Crippen LogP contribution is 2.33. The highest BCUT2D eigenvalue weighted by atomic mass is 35.5. The number of hydrogen-bond donors (Lipinski definition) is 0. The largest absolute Gasteiger partial charge is 0.491 e. The lowest BCUT2D eigenvalue weighted by atomic mass is 10.1. The first-order chi connectivity index (χ1) is 8.95. The maximum Gasteiger partial charge on any atom is 0.190 e. The molecule has 0 radical (unpaired) electrons. The quantitative estimate of drug-likeness (QED) is 0.816. The molecule has 1 aliphatic heterocycles. The average molecular weight is 284 g/mol. The van der Waals surface area contributed by atoms with E-state index in [2.05, 4.69) is 11.3 Å². The fraction of sp³-hybridized carbons (Fsp3) is 0.143. The minimum absolute atomic E-state index is 0.389. The topological polar surface area (TPSA) is 12.5 Å². The molecule has 0 fully saturated rings. The van der Waals surface area contributed by atoms with Crippen molar-refractivity contribution >= 4 is 17.3 Å². The Hall–Kier alpha value is -1.81. The summed E-state index contributed by atoms with van der Waals surface area (Å²) in [6.07, 6.45) is 3.32. The zero-order valence-electron chi connectivity index (χ0n) is 10.5. The van der Waals surface area contributed by atoms with E-state index in [1.165, 1.54) is 19.2 Å². The number of likely N-dealkylation sites (N-methyl/N-ethyl adjacent to an activating group) is 1. The standard InChI is InChI=1S/C14H12ClF2NO/c1-8-10(15)4-5-13(18(8)2)9-6-11(16)14(19-3)12(17)7-9/h4-7H,1H2,2-3H3. The lowest BCUT2D eigenvalue weighted by Crippen LogP contribution is -2.18. The van der Waals surface area contributed by atoms with Crippen molar-refractivity contribution in [2.75, 3.05) is 14.2 Å². The van der Waals surface area contributed by atoms with E-state index in [0.717, 1.165) is 0 Å². The first-order valence-corrected chi connectivity index (χ1v) is 5.87. The van der Waals surface area contributed by atoms with Crippen LogP contribution in [-0.2, 0) is 0 Å². The highest BCUT2D eigenvalue weighted by Gasteiger charge is 2.19. The van der Waals surface area contributed by atoms with Crippen LogP contribution in [0.25, 0.3) is 5.70 Å². The van der Waals surface area contributed by atoms with Crippen LogP contribution in [0.1, 0.15) is 5.56 Å². The van der Waals surface area contributed by atoms with Gasteiger partial charge in [0.25, 0.3) is 0 Å². The Morgan fingerprint density at radius 2 is 1.79 bits per heavy atom. The number of methoxy groups -OCH3 is 1. The van der Waals surface area contributed by atoms with E-state index in [1.54, 1.807) is 24.1 Å². The van der Waals surface area contributed by atoms with Gasteiger partial charge in [-0.1, -0.05) is 18.2 Å². The van der Waals surface area contributed by atoms with Gasteiger partial charge in [-0.25, -0.2) is 8.78 Å². The number of benzene rings is 1. The average Bonchev–Trinajstić information content (AvgIpc) is 2.35. The monoisotopic (exact) mass is 283 g/mol. The van der Waals surface area contributed by atoms with Crippen LogP contribution < -0.4 is 4.74 Å². The van der Waals surface area contributed by atoms with Crippen molar-refractivity contribution in [2.24, 2.45) is 0 Å². The molecule has 0 amide bonds. The van der Waals surface area contributed by atoms with Crippen molar-refractivity contribution in [2.45, 2.75) is 0 Å². The third-order valence-electron chi connectivity index (χ3n) is 2.93. The van der Waals surface area contributed by atoms with Gasteiger partial charge < -0.3 is 9.64 Å². The molecule has 0 aromatic heterocycles. The Balaban J connectivity index is 2.52. The molecule has 1 aromatic carbocycles. The number of allylic oxidation sites excluding steroid dienone is 3. The summed E-state index contributed by atoms with van der Waals surface area (Å²) in [5, 5.41) is 0.487. The zero-order valence-corrected chi connectivity index (χ0v) is 11.3. The van der Waals surface area contributed by atoms with Crippen LogP contribution in [0.15, 0.2) is 41.6 Å². The van der Waals surface area contributed by atoms with Crippen molar-refractivity contribution < 1.29 is 13.5 Å². The molecule has 1 heterocycles. The van der Waals surface area contributed by atoms with E-state index in [4.69, 9.17) is 11.6 Å². The summed E-state index contributed by atoms with van der Waals surface area (Å²) >= 11 is 5.93. The van der Waals surface area contributed by atoms with Gasteiger partial charge in [0, 0.05) is 18.3 Å². The Morgan fingerprint density at radius 1 is 1.21 bits per heavy atom. The predicted octanol–water partition coefficient (Wildman–Crippen LogP) is 3.90. The van der Waals surface area contributed by atoms with Crippen LogP contribution in [0.2, 0.25) is 0 Å². The van der Waals surface area contributed by atoms with Crippen molar-refractivity contribution in [3.63, 3.8) is 0 Å². The van der Waals surface area contributed by atoms with Crippen LogP contribution in [0, 0.1) is 11.6 Å². The molecule has 0 spiro atoms. The third-order valence-corrected chi connectivity index (χ3v) is 3.27. The molecule has 0 aliphatic carbocycles. The van der Waals surface area contributed by atoms with Crippen LogP contribution in [0.3, 0.4) is 0 Å². The molecule has 5 heteroatoms. The molecule has 0 N–H and O–H groups in total. The second-order valence-corrected chi connectivity index (χ2v) is 4.45. The minimum Gasteiger partial charge on any atom is -0.491 e. The Morgan fingerprint density at radius 3 is 2.32 bits per heavy atom. The van der Waals surface area contributed by atoms with Gasteiger partial charge in [-0.2, -0.15) is 0 Å². The molecular weight excluding hydrogens is 272 g/mol. The second-order valence-electron chi connectivity index (χ2n) is 4.05. The fourth-order valence-corrected chi connectivity index (χ4v) is 2.05. The minimum atomic E-state index is -0.752. The highest BCUT2D eigenvalue weighted by molar-refractivity contribution is 6.32. The van der Waals surface area contributed by atoms with Crippen molar-refractivity contribution in [1.29, 1.82) is 0 Å². The number of rotatable bonds is 2. The second kappa shape index (κ2) is 5.05. The van der Waals surface area contributed by atoms with E-state index in [1.807, 2.05) is 0 Å². The Bertz CT molecular complexity index is 584. The van der Waals surface area contributed by atoms with Crippen molar-refractivity contribution in [3.05, 3.63) is 58.8 Å². The molecule has 19 heavy (non-hydrogen) atoms. The van der Waals surface area contributed by atoms with Crippen molar-refractivity contribution in [1.82, 2.24) is 4.90 Å². The molecule has 2 nitrogen and oxygen atoms in total. The maximum absolute atomic E-state index is 13.7. The molecule has 0 atom stereocenters. The third kappa shape index (κ3) is 2.36. The van der Waals surface area contributed by atoms with E-state index in [9.17, 15) is 8.78 Å². The molecule has 0 saturated heterocycles. The molecule has 100 valence electrons. The maximum atomic E-state index is 13.7. The summed E-state index contributed by atoms with van der Waals surface area (Å²) in [7, 11) is 2.95.